The predicted octanol–water partition coefficient (Wildman–Crippen LogP) is 2.73. The molecular weight excluding hydrogens is 246 g/mol. The lowest BCUT2D eigenvalue weighted by Gasteiger charge is -2.10. The number of aliphatic carboxylic acids is 1. The lowest BCUT2D eigenvalue weighted by Crippen LogP contribution is -2.12. The Morgan fingerprint density at radius 3 is 2.71 bits per heavy atom. The van der Waals surface area contributed by atoms with Crippen LogP contribution in [-0.4, -0.2) is 16.1 Å². The molecule has 1 atom stereocenters. The van der Waals surface area contributed by atoms with Crippen LogP contribution in [0.2, 0.25) is 0 Å². The van der Waals surface area contributed by atoms with Gasteiger partial charge in [-0.2, -0.15) is 0 Å². The maximum absolute atomic E-state index is 10.9. The molecule has 14 heavy (non-hydrogen) atoms. The molecule has 1 unspecified atom stereocenters. The number of rotatable bonds is 3. The largest absolute Gasteiger partial charge is 0.481 e. The van der Waals surface area contributed by atoms with Crippen molar-refractivity contribution in [3.63, 3.8) is 0 Å². The standard InChI is InChI=1S/C10H12BrNO2/c1-3-7(10(13)14)9-5-4-8(11)6(2)12-9/h4-5,7H,3H2,1-2H3,(H,13,14). The zero-order valence-electron chi connectivity index (χ0n) is 8.12. The molecular formula is C10H12BrNO2. The number of nitrogens with zero attached hydrogens (tertiary/aromatic N) is 1. The van der Waals surface area contributed by atoms with E-state index in [1.165, 1.54) is 0 Å². The topological polar surface area (TPSA) is 50.2 Å². The van der Waals surface area contributed by atoms with E-state index >= 15 is 0 Å². The third kappa shape index (κ3) is 2.32. The number of carboxylic acids is 1. The van der Waals surface area contributed by atoms with Crippen LogP contribution in [0.25, 0.3) is 0 Å². The molecule has 3 nitrogen and oxygen atoms in total. The van der Waals surface area contributed by atoms with E-state index < -0.39 is 11.9 Å². The number of hydrogen-bond acceptors (Lipinski definition) is 2. The van der Waals surface area contributed by atoms with Gasteiger partial charge in [0, 0.05) is 4.47 Å². The summed E-state index contributed by atoms with van der Waals surface area (Å²) in [6, 6.07) is 3.59. The van der Waals surface area contributed by atoms with Gasteiger partial charge in [0.05, 0.1) is 17.3 Å². The first-order valence-corrected chi connectivity index (χ1v) is 5.21. The Balaban J connectivity index is 3.06. The molecule has 4 heteroatoms. The Labute approximate surface area is 91.3 Å². The summed E-state index contributed by atoms with van der Waals surface area (Å²) < 4.78 is 0.904. The first-order chi connectivity index (χ1) is 6.56. The Kier molecular flexibility index (Phi) is 3.63. The van der Waals surface area contributed by atoms with E-state index in [9.17, 15) is 4.79 Å². The van der Waals surface area contributed by atoms with Crippen LogP contribution < -0.4 is 0 Å². The van der Waals surface area contributed by atoms with E-state index in [1.54, 1.807) is 6.07 Å². The summed E-state index contributed by atoms with van der Waals surface area (Å²) in [5.74, 6) is -1.32. The minimum atomic E-state index is -0.818. The average Bonchev–Trinajstić information content (AvgIpc) is 2.11. The molecule has 0 spiro atoms. The quantitative estimate of drug-likeness (QED) is 0.906. The third-order valence-corrected chi connectivity index (χ3v) is 2.94. The Morgan fingerprint density at radius 2 is 2.29 bits per heavy atom. The summed E-state index contributed by atoms with van der Waals surface area (Å²) in [5, 5.41) is 8.94. The van der Waals surface area contributed by atoms with E-state index in [-0.39, 0.29) is 0 Å². The first-order valence-electron chi connectivity index (χ1n) is 4.42. The maximum atomic E-state index is 10.9. The van der Waals surface area contributed by atoms with Crippen LogP contribution in [0.4, 0.5) is 0 Å². The normalized spacial score (nSPS) is 12.5. The number of carboxylic acid groups (broad SMARTS) is 1. The fourth-order valence-corrected chi connectivity index (χ4v) is 1.49. The molecule has 1 aromatic heterocycles. The highest BCUT2D eigenvalue weighted by Crippen LogP contribution is 2.21. The van der Waals surface area contributed by atoms with Crippen molar-refractivity contribution in [2.24, 2.45) is 0 Å². The molecule has 0 aliphatic carbocycles. The third-order valence-electron chi connectivity index (χ3n) is 2.11. The number of aromatic nitrogens is 1. The van der Waals surface area contributed by atoms with Gasteiger partial charge in [0.1, 0.15) is 0 Å². The van der Waals surface area contributed by atoms with E-state index in [0.29, 0.717) is 12.1 Å². The summed E-state index contributed by atoms with van der Waals surface area (Å²) >= 11 is 3.33. The van der Waals surface area contributed by atoms with Crippen LogP contribution in [0.5, 0.6) is 0 Å². The van der Waals surface area contributed by atoms with Crippen LogP contribution in [0.15, 0.2) is 16.6 Å². The SMILES string of the molecule is CCC(C(=O)O)c1ccc(Br)c(C)n1. The molecule has 1 rings (SSSR count). The molecule has 0 amide bonds. The Bertz CT molecular complexity index is 352. The van der Waals surface area contributed by atoms with Gasteiger partial charge in [-0.05, 0) is 41.4 Å². The minimum Gasteiger partial charge on any atom is -0.481 e. The zero-order valence-corrected chi connectivity index (χ0v) is 9.71. The van der Waals surface area contributed by atoms with E-state index in [4.69, 9.17) is 5.11 Å². The van der Waals surface area contributed by atoms with Crippen molar-refractivity contribution in [3.8, 4) is 0 Å². The number of carbonyl (C=O) groups is 1. The fourth-order valence-electron chi connectivity index (χ4n) is 1.27. The molecule has 0 aromatic carbocycles. The van der Waals surface area contributed by atoms with E-state index in [0.717, 1.165) is 10.2 Å². The molecule has 0 saturated carbocycles. The second-order valence-electron chi connectivity index (χ2n) is 3.10. The molecule has 1 heterocycles. The van der Waals surface area contributed by atoms with Gasteiger partial charge in [0.25, 0.3) is 0 Å². The van der Waals surface area contributed by atoms with Gasteiger partial charge in [-0.25, -0.2) is 0 Å². The fraction of sp³-hybridized carbons (Fsp3) is 0.400. The molecule has 0 bridgehead atoms. The monoisotopic (exact) mass is 257 g/mol. The van der Waals surface area contributed by atoms with E-state index in [2.05, 4.69) is 20.9 Å². The van der Waals surface area contributed by atoms with Gasteiger partial charge >= 0.3 is 5.97 Å². The summed E-state index contributed by atoms with van der Waals surface area (Å²) in [5.41, 5.74) is 1.45. The van der Waals surface area contributed by atoms with Gasteiger partial charge in [-0.1, -0.05) is 6.92 Å². The minimum absolute atomic E-state index is 0.498. The maximum Gasteiger partial charge on any atom is 0.312 e. The van der Waals surface area contributed by atoms with Crippen LogP contribution in [0.1, 0.15) is 30.7 Å². The highest BCUT2D eigenvalue weighted by atomic mass is 79.9. The van der Waals surface area contributed by atoms with Crippen LogP contribution >= 0.6 is 15.9 Å². The van der Waals surface area contributed by atoms with Crippen molar-refractivity contribution >= 4 is 21.9 Å². The van der Waals surface area contributed by atoms with Crippen molar-refractivity contribution in [1.82, 2.24) is 4.98 Å². The van der Waals surface area contributed by atoms with Crippen molar-refractivity contribution in [2.75, 3.05) is 0 Å². The Hall–Kier alpha value is -0.900. The second kappa shape index (κ2) is 4.55. The van der Waals surface area contributed by atoms with Crippen molar-refractivity contribution < 1.29 is 9.90 Å². The molecule has 0 radical (unpaired) electrons. The molecule has 76 valence electrons. The Morgan fingerprint density at radius 1 is 1.64 bits per heavy atom. The number of hydrogen-bond donors (Lipinski definition) is 1. The van der Waals surface area contributed by atoms with Gasteiger partial charge in [0.15, 0.2) is 0 Å². The summed E-state index contributed by atoms with van der Waals surface area (Å²) in [6.45, 7) is 3.69. The van der Waals surface area contributed by atoms with Crippen molar-refractivity contribution in [1.29, 1.82) is 0 Å². The molecule has 0 fully saturated rings. The number of pyridine rings is 1. The molecule has 0 aliphatic heterocycles. The average molecular weight is 258 g/mol. The second-order valence-corrected chi connectivity index (χ2v) is 3.96. The lowest BCUT2D eigenvalue weighted by molar-refractivity contribution is -0.138. The van der Waals surface area contributed by atoms with Gasteiger partial charge in [-0.3, -0.25) is 9.78 Å². The number of halogens is 1. The van der Waals surface area contributed by atoms with Gasteiger partial charge in [0.2, 0.25) is 0 Å². The van der Waals surface area contributed by atoms with Crippen molar-refractivity contribution in [2.45, 2.75) is 26.2 Å². The highest BCUT2D eigenvalue weighted by molar-refractivity contribution is 9.10. The van der Waals surface area contributed by atoms with Crippen LogP contribution in [0, 0.1) is 6.92 Å². The highest BCUT2D eigenvalue weighted by Gasteiger charge is 2.19. The van der Waals surface area contributed by atoms with Crippen molar-refractivity contribution in [3.05, 3.63) is 28.0 Å². The number of aryl methyl sites for hydroxylation is 1. The van der Waals surface area contributed by atoms with Gasteiger partial charge < -0.3 is 5.11 Å². The van der Waals surface area contributed by atoms with Gasteiger partial charge in [-0.15, -0.1) is 0 Å². The van der Waals surface area contributed by atoms with Crippen LogP contribution in [-0.2, 0) is 4.79 Å². The first kappa shape index (κ1) is 11.2. The summed E-state index contributed by atoms with van der Waals surface area (Å²) in [6.07, 6.45) is 0.559. The molecule has 1 aromatic rings. The molecule has 0 saturated heterocycles. The summed E-state index contributed by atoms with van der Waals surface area (Å²) in [4.78, 5) is 15.1. The van der Waals surface area contributed by atoms with Crippen LogP contribution in [0.3, 0.4) is 0 Å². The lowest BCUT2D eigenvalue weighted by atomic mass is 10.0. The molecule has 1 N–H and O–H groups in total. The summed E-state index contributed by atoms with van der Waals surface area (Å²) in [7, 11) is 0. The molecule has 0 aliphatic rings. The smallest absolute Gasteiger partial charge is 0.312 e. The predicted molar refractivity (Wildman–Crippen MR) is 57.3 cm³/mol. The zero-order chi connectivity index (χ0) is 10.7. The van der Waals surface area contributed by atoms with E-state index in [1.807, 2.05) is 19.9 Å².